The van der Waals surface area contributed by atoms with E-state index in [0.717, 1.165) is 29.3 Å². The van der Waals surface area contributed by atoms with E-state index in [0.29, 0.717) is 36.1 Å². The maximum absolute atomic E-state index is 12.9. The zero-order valence-electron chi connectivity index (χ0n) is 16.6. The Bertz CT molecular complexity index is 1210. The molecule has 0 radical (unpaired) electrons. The van der Waals surface area contributed by atoms with E-state index in [4.69, 9.17) is 13.9 Å². The van der Waals surface area contributed by atoms with Crippen LogP contribution < -0.4 is 9.47 Å². The second-order valence-corrected chi connectivity index (χ2v) is 7.30. The first-order chi connectivity index (χ1) is 14.7. The summed E-state index contributed by atoms with van der Waals surface area (Å²) in [6.07, 6.45) is 3.11. The van der Waals surface area contributed by atoms with Gasteiger partial charge in [0.25, 0.3) is 5.91 Å². The Morgan fingerprint density at radius 3 is 2.70 bits per heavy atom. The fraction of sp³-hybridized carbons (Fsp3) is 0.261. The van der Waals surface area contributed by atoms with Gasteiger partial charge in [0, 0.05) is 31.3 Å². The molecule has 7 heteroatoms. The lowest BCUT2D eigenvalue weighted by Gasteiger charge is -2.31. The van der Waals surface area contributed by atoms with Gasteiger partial charge in [0.15, 0.2) is 17.1 Å². The Labute approximate surface area is 173 Å². The number of fused-ring (bicyclic) bond motifs is 2. The molecule has 0 bridgehead atoms. The number of nitrogens with zero attached hydrogens (tertiary/aromatic N) is 3. The number of carbonyl (C=O) groups excluding carboxylic acids is 1. The summed E-state index contributed by atoms with van der Waals surface area (Å²) in [7, 11) is 1.59. The maximum atomic E-state index is 12.9. The van der Waals surface area contributed by atoms with E-state index < -0.39 is 0 Å². The first kappa shape index (κ1) is 18.4. The number of furan rings is 1. The molecule has 0 atom stereocenters. The summed E-state index contributed by atoms with van der Waals surface area (Å²) in [6.45, 7) is 1.19. The lowest BCUT2D eigenvalue weighted by molar-refractivity contribution is 0.0561. The normalized spacial score (nSPS) is 14.9. The zero-order chi connectivity index (χ0) is 20.5. The number of benzene rings is 2. The summed E-state index contributed by atoms with van der Waals surface area (Å²) in [6, 6.07) is 15.1. The van der Waals surface area contributed by atoms with Crippen molar-refractivity contribution >= 4 is 27.9 Å². The SMILES string of the molecule is COc1cccc2cc(C(=O)N3CCC(Oc4cnc5ccccc5n4)CC3)oc12. The maximum Gasteiger partial charge on any atom is 0.289 e. The second kappa shape index (κ2) is 7.67. The molecule has 7 nitrogen and oxygen atoms in total. The molecule has 1 aliphatic rings. The Hall–Kier alpha value is -3.61. The number of methoxy groups -OCH3 is 1. The highest BCUT2D eigenvalue weighted by Crippen LogP contribution is 2.29. The molecule has 5 rings (SSSR count). The Balaban J connectivity index is 1.24. The molecule has 0 N–H and O–H groups in total. The molecule has 1 fully saturated rings. The molecule has 2 aromatic carbocycles. The molecule has 30 heavy (non-hydrogen) atoms. The number of amides is 1. The van der Waals surface area contributed by atoms with Gasteiger partial charge in [-0.1, -0.05) is 24.3 Å². The van der Waals surface area contributed by atoms with Crippen LogP contribution in [0, 0.1) is 0 Å². The van der Waals surface area contributed by atoms with Crippen molar-refractivity contribution in [3.8, 4) is 11.6 Å². The van der Waals surface area contributed by atoms with E-state index in [1.807, 2.05) is 42.5 Å². The van der Waals surface area contributed by atoms with Gasteiger partial charge in [-0.15, -0.1) is 0 Å². The third-order valence-corrected chi connectivity index (χ3v) is 5.38. The van der Waals surface area contributed by atoms with Crippen molar-refractivity contribution in [2.45, 2.75) is 18.9 Å². The van der Waals surface area contributed by atoms with Gasteiger partial charge in [0.2, 0.25) is 5.88 Å². The van der Waals surface area contributed by atoms with Gasteiger partial charge in [0.1, 0.15) is 6.10 Å². The van der Waals surface area contributed by atoms with Crippen molar-refractivity contribution in [3.05, 3.63) is 60.5 Å². The van der Waals surface area contributed by atoms with Crippen LogP contribution in [-0.4, -0.2) is 47.1 Å². The van der Waals surface area contributed by atoms with Gasteiger partial charge in [-0.05, 0) is 24.3 Å². The molecule has 3 heterocycles. The molecular weight excluding hydrogens is 382 g/mol. The summed E-state index contributed by atoms with van der Waals surface area (Å²) in [5.74, 6) is 1.35. The molecular formula is C23H21N3O4. The number of hydrogen-bond acceptors (Lipinski definition) is 6. The third kappa shape index (κ3) is 3.43. The second-order valence-electron chi connectivity index (χ2n) is 7.30. The number of carbonyl (C=O) groups is 1. The average molecular weight is 403 g/mol. The quantitative estimate of drug-likeness (QED) is 0.511. The molecule has 1 amide bonds. The largest absolute Gasteiger partial charge is 0.493 e. The smallest absolute Gasteiger partial charge is 0.289 e. The van der Waals surface area contributed by atoms with Crippen LogP contribution in [0.4, 0.5) is 0 Å². The van der Waals surface area contributed by atoms with E-state index in [1.54, 1.807) is 24.3 Å². The Morgan fingerprint density at radius 1 is 1.10 bits per heavy atom. The van der Waals surface area contributed by atoms with Crippen LogP contribution in [0.25, 0.3) is 22.0 Å². The number of hydrogen-bond donors (Lipinski definition) is 0. The minimum absolute atomic E-state index is 0.000259. The molecule has 0 spiro atoms. The predicted octanol–water partition coefficient (Wildman–Crippen LogP) is 4.07. The monoisotopic (exact) mass is 403 g/mol. The summed E-state index contributed by atoms with van der Waals surface area (Å²) in [5, 5.41) is 0.853. The van der Waals surface area contributed by atoms with Crippen LogP contribution in [0.15, 0.2) is 59.1 Å². The molecule has 2 aromatic heterocycles. The fourth-order valence-electron chi connectivity index (χ4n) is 3.80. The first-order valence-electron chi connectivity index (χ1n) is 9.95. The number of para-hydroxylation sites is 3. The minimum Gasteiger partial charge on any atom is -0.493 e. The highest BCUT2D eigenvalue weighted by Gasteiger charge is 2.27. The lowest BCUT2D eigenvalue weighted by atomic mass is 10.1. The van der Waals surface area contributed by atoms with E-state index in [2.05, 4.69) is 9.97 Å². The van der Waals surface area contributed by atoms with Gasteiger partial charge < -0.3 is 18.8 Å². The van der Waals surface area contributed by atoms with Crippen LogP contribution in [0.5, 0.6) is 11.6 Å². The fourth-order valence-corrected chi connectivity index (χ4v) is 3.80. The number of rotatable bonds is 4. The number of aromatic nitrogens is 2. The third-order valence-electron chi connectivity index (χ3n) is 5.38. The number of piperidine rings is 1. The first-order valence-corrected chi connectivity index (χ1v) is 9.95. The number of likely N-dealkylation sites (tertiary alicyclic amines) is 1. The van der Waals surface area contributed by atoms with Crippen molar-refractivity contribution in [2.75, 3.05) is 20.2 Å². The summed E-state index contributed by atoms with van der Waals surface area (Å²) in [5.41, 5.74) is 2.24. The molecule has 0 aliphatic carbocycles. The lowest BCUT2D eigenvalue weighted by Crippen LogP contribution is -2.41. The van der Waals surface area contributed by atoms with Crippen LogP contribution in [0.2, 0.25) is 0 Å². The van der Waals surface area contributed by atoms with E-state index >= 15 is 0 Å². The van der Waals surface area contributed by atoms with Crippen LogP contribution in [0.1, 0.15) is 23.4 Å². The van der Waals surface area contributed by atoms with Crippen molar-refractivity contribution in [1.29, 1.82) is 0 Å². The molecule has 152 valence electrons. The van der Waals surface area contributed by atoms with Crippen LogP contribution in [0.3, 0.4) is 0 Å². The van der Waals surface area contributed by atoms with Crippen LogP contribution in [-0.2, 0) is 0 Å². The average Bonchev–Trinajstić information content (AvgIpc) is 3.23. The van der Waals surface area contributed by atoms with Gasteiger partial charge in [-0.25, -0.2) is 9.97 Å². The van der Waals surface area contributed by atoms with Crippen molar-refractivity contribution in [3.63, 3.8) is 0 Å². The van der Waals surface area contributed by atoms with Crippen molar-refractivity contribution in [2.24, 2.45) is 0 Å². The predicted molar refractivity (Wildman–Crippen MR) is 112 cm³/mol. The van der Waals surface area contributed by atoms with Gasteiger partial charge in [-0.3, -0.25) is 4.79 Å². The molecule has 1 saturated heterocycles. The van der Waals surface area contributed by atoms with Crippen LogP contribution >= 0.6 is 0 Å². The van der Waals surface area contributed by atoms with Gasteiger partial charge >= 0.3 is 0 Å². The van der Waals surface area contributed by atoms with Gasteiger partial charge in [0.05, 0.1) is 24.3 Å². The van der Waals surface area contributed by atoms with E-state index in [9.17, 15) is 4.79 Å². The topological polar surface area (TPSA) is 77.7 Å². The minimum atomic E-state index is -0.114. The van der Waals surface area contributed by atoms with Crippen molar-refractivity contribution in [1.82, 2.24) is 14.9 Å². The Morgan fingerprint density at radius 2 is 1.90 bits per heavy atom. The highest BCUT2D eigenvalue weighted by atomic mass is 16.5. The molecule has 0 unspecified atom stereocenters. The van der Waals surface area contributed by atoms with E-state index in [1.165, 1.54) is 0 Å². The summed E-state index contributed by atoms with van der Waals surface area (Å²) >= 11 is 0. The molecule has 4 aromatic rings. The molecule has 1 aliphatic heterocycles. The zero-order valence-corrected chi connectivity index (χ0v) is 16.6. The standard InChI is InChI=1S/C23H21N3O4/c1-28-19-8-4-5-15-13-20(30-22(15)19)23(27)26-11-9-16(10-12-26)29-21-14-24-17-6-2-3-7-18(17)25-21/h2-8,13-14,16H,9-12H2,1H3. The van der Waals surface area contributed by atoms with E-state index in [-0.39, 0.29) is 12.0 Å². The summed E-state index contributed by atoms with van der Waals surface area (Å²) in [4.78, 5) is 23.6. The van der Waals surface area contributed by atoms with Gasteiger partial charge in [-0.2, -0.15) is 0 Å². The highest BCUT2D eigenvalue weighted by molar-refractivity contribution is 5.97. The summed E-state index contributed by atoms with van der Waals surface area (Å²) < 4.78 is 17.1. The Kier molecular flexibility index (Phi) is 4.71. The van der Waals surface area contributed by atoms with Crippen molar-refractivity contribution < 1.29 is 18.7 Å². The molecule has 0 saturated carbocycles. The number of ether oxygens (including phenoxy) is 2.